The van der Waals surface area contributed by atoms with E-state index in [0.29, 0.717) is 5.56 Å². The van der Waals surface area contributed by atoms with E-state index >= 15 is 4.79 Å². The van der Waals surface area contributed by atoms with Crippen LogP contribution < -0.4 is 5.32 Å². The van der Waals surface area contributed by atoms with Gasteiger partial charge in [0.05, 0.1) is 35.6 Å². The second kappa shape index (κ2) is 15.5. The number of carbonyl (C=O) groups is 5. The molecule has 4 fully saturated rings. The number of fused-ring (bicyclic) bond motifs is 4. The molecule has 5 aliphatic rings. The zero-order valence-electron chi connectivity index (χ0n) is 36.6. The molecular formula is C46H57NO15. The number of aliphatic hydroxyl groups is 3. The summed E-state index contributed by atoms with van der Waals surface area (Å²) in [6.07, 6.45) is -12.3. The summed E-state index contributed by atoms with van der Waals surface area (Å²) >= 11 is 0. The smallest absolute Gasteiger partial charge is 0.408 e. The number of esters is 3. The van der Waals surface area contributed by atoms with Crippen LogP contribution in [0, 0.1) is 16.7 Å². The molecular weight excluding hydrogens is 806 g/mol. The van der Waals surface area contributed by atoms with Crippen molar-refractivity contribution in [2.24, 2.45) is 16.7 Å². The molecule has 1 unspecified atom stereocenters. The lowest BCUT2D eigenvalue weighted by atomic mass is 9.44. The van der Waals surface area contributed by atoms with Crippen LogP contribution in [0.4, 0.5) is 4.79 Å². The van der Waals surface area contributed by atoms with E-state index in [-0.39, 0.29) is 29.7 Å². The van der Waals surface area contributed by atoms with Gasteiger partial charge in [-0.25, -0.2) is 14.4 Å². The highest BCUT2D eigenvalue weighted by Gasteiger charge is 2.82. The van der Waals surface area contributed by atoms with Gasteiger partial charge in [-0.2, -0.15) is 0 Å². The maximum atomic E-state index is 15.3. The molecule has 16 nitrogen and oxygen atoms in total. The summed E-state index contributed by atoms with van der Waals surface area (Å²) in [6.45, 7) is 15.4. The van der Waals surface area contributed by atoms with E-state index < -0.39 is 118 Å². The number of hydrogen-bond donors (Lipinski definition) is 4. The predicted molar refractivity (Wildman–Crippen MR) is 217 cm³/mol. The highest BCUT2D eigenvalue weighted by Crippen LogP contribution is 2.67. The van der Waals surface area contributed by atoms with Crippen molar-refractivity contribution in [3.8, 4) is 0 Å². The quantitative estimate of drug-likeness (QED) is 0.167. The number of benzene rings is 2. The number of aliphatic hydroxyl groups excluding tert-OH is 3. The molecule has 2 heterocycles. The predicted octanol–water partition coefficient (Wildman–Crippen LogP) is 4.03. The average molecular weight is 864 g/mol. The van der Waals surface area contributed by atoms with Crippen molar-refractivity contribution in [2.75, 3.05) is 6.61 Å². The van der Waals surface area contributed by atoms with Gasteiger partial charge in [0, 0.05) is 18.8 Å². The summed E-state index contributed by atoms with van der Waals surface area (Å²) < 4.78 is 44.3. The molecule has 16 heteroatoms. The van der Waals surface area contributed by atoms with Crippen molar-refractivity contribution >= 4 is 29.8 Å². The first-order chi connectivity index (χ1) is 28.8. The molecule has 1 amide bonds. The third-order valence-electron chi connectivity index (χ3n) is 13.4. The minimum absolute atomic E-state index is 0.0278. The van der Waals surface area contributed by atoms with Crippen molar-refractivity contribution in [1.82, 2.24) is 5.32 Å². The molecule has 4 N–H and O–H groups in total. The fraction of sp³-hybridized carbons (Fsp3) is 0.587. The van der Waals surface area contributed by atoms with Crippen molar-refractivity contribution in [3.63, 3.8) is 0 Å². The first-order valence-electron chi connectivity index (χ1n) is 20.8. The number of amides is 1. The lowest BCUT2D eigenvalue weighted by Crippen LogP contribution is -2.83. The Bertz CT molecular complexity index is 2150. The molecule has 2 aromatic carbocycles. The van der Waals surface area contributed by atoms with Crippen molar-refractivity contribution in [2.45, 2.75) is 147 Å². The van der Waals surface area contributed by atoms with Gasteiger partial charge in [-0.3, -0.25) is 9.59 Å². The molecule has 2 aromatic rings. The van der Waals surface area contributed by atoms with Crippen molar-refractivity contribution in [1.29, 1.82) is 0 Å². The topological polar surface area (TPSA) is 223 Å². The molecule has 0 aromatic heterocycles. The van der Waals surface area contributed by atoms with E-state index in [2.05, 4.69) is 5.32 Å². The third kappa shape index (κ3) is 7.12. The van der Waals surface area contributed by atoms with E-state index in [1.54, 1.807) is 104 Å². The maximum Gasteiger partial charge on any atom is 0.408 e. The van der Waals surface area contributed by atoms with Gasteiger partial charge in [0.15, 0.2) is 29.4 Å². The van der Waals surface area contributed by atoms with Gasteiger partial charge in [-0.1, -0.05) is 62.4 Å². The van der Waals surface area contributed by atoms with Crippen molar-refractivity contribution in [3.05, 3.63) is 82.9 Å². The summed E-state index contributed by atoms with van der Waals surface area (Å²) in [7, 11) is 0. The van der Waals surface area contributed by atoms with Crippen LogP contribution in [-0.4, -0.2) is 117 Å². The normalized spacial score (nSPS) is 35.2. The van der Waals surface area contributed by atoms with Crippen LogP contribution in [0.15, 0.2) is 71.8 Å². The van der Waals surface area contributed by atoms with Crippen LogP contribution in [0.2, 0.25) is 0 Å². The number of ketones is 1. The lowest BCUT2D eigenvalue weighted by molar-refractivity contribution is -0.349. The highest BCUT2D eigenvalue weighted by atomic mass is 16.8. The zero-order valence-corrected chi connectivity index (χ0v) is 36.6. The van der Waals surface area contributed by atoms with Gasteiger partial charge in [0.2, 0.25) is 0 Å². The minimum Gasteiger partial charge on any atom is -0.455 e. The SMILES string of the molecule is CC(=O)O[C@@]12CO[C@@H]1C[C@H](O)[C@@]1(C)C(=O)[C@H](O)C3=C(C)[C@@H](OC(=O)[C@H](O)[C@@H](NC(=O)OC(C)(C)C)c4ccccc4)[C@@H]4OC(C)(C)O[C@]4([C@@H](OC(=O)c4ccccc4)C12)C3(C)C. The Balaban J connectivity index is 1.44. The number of ether oxygens (including phenoxy) is 7. The third-order valence-corrected chi connectivity index (χ3v) is 13.4. The number of Topliss-reactive ketones (excluding diaryl/α,β-unsaturated/α-hetero) is 1. The Kier molecular flexibility index (Phi) is 11.3. The number of nitrogens with one attached hydrogen (secondary N) is 1. The number of rotatable bonds is 8. The number of hydrogen-bond acceptors (Lipinski definition) is 15. The first-order valence-corrected chi connectivity index (χ1v) is 20.8. The molecule has 0 radical (unpaired) electrons. The molecule has 2 saturated heterocycles. The van der Waals surface area contributed by atoms with Crippen LogP contribution in [0.25, 0.3) is 0 Å². The lowest BCUT2D eigenvalue weighted by Gasteiger charge is -2.68. The van der Waals surface area contributed by atoms with Gasteiger partial charge in [-0.05, 0) is 77.3 Å². The van der Waals surface area contributed by atoms with E-state index in [9.17, 15) is 34.5 Å². The van der Waals surface area contributed by atoms with Crippen LogP contribution in [0.1, 0.15) is 97.6 Å². The summed E-state index contributed by atoms with van der Waals surface area (Å²) in [5.41, 5.74) is -7.57. The first kappa shape index (κ1) is 45.3. The van der Waals surface area contributed by atoms with Gasteiger partial charge in [-0.15, -0.1) is 0 Å². The molecule has 1 spiro atoms. The Morgan fingerprint density at radius 2 is 1.53 bits per heavy atom. The molecule has 7 rings (SSSR count). The number of carbonyl (C=O) groups excluding carboxylic acids is 5. The van der Waals surface area contributed by atoms with Crippen LogP contribution >= 0.6 is 0 Å². The minimum atomic E-state index is -2.07. The monoisotopic (exact) mass is 863 g/mol. The molecule has 2 saturated carbocycles. The van der Waals surface area contributed by atoms with Gasteiger partial charge in [0.1, 0.15) is 35.6 Å². The molecule has 336 valence electrons. The van der Waals surface area contributed by atoms with Gasteiger partial charge < -0.3 is 53.8 Å². The molecule has 3 aliphatic carbocycles. The Morgan fingerprint density at radius 1 is 0.919 bits per heavy atom. The van der Waals surface area contributed by atoms with Gasteiger partial charge >= 0.3 is 24.0 Å². The summed E-state index contributed by atoms with van der Waals surface area (Å²) in [6, 6.07) is 14.9. The second-order valence-electron chi connectivity index (χ2n) is 19.2. The summed E-state index contributed by atoms with van der Waals surface area (Å²) in [4.78, 5) is 70.5. The maximum absolute atomic E-state index is 15.3. The molecule has 12 atom stereocenters. The van der Waals surface area contributed by atoms with Crippen LogP contribution in [-0.2, 0) is 47.5 Å². The summed E-state index contributed by atoms with van der Waals surface area (Å²) in [5.74, 6) is -6.76. The molecule has 62 heavy (non-hydrogen) atoms. The Morgan fingerprint density at radius 3 is 2.10 bits per heavy atom. The number of alkyl carbamates (subject to hydrolysis) is 1. The fourth-order valence-electron chi connectivity index (χ4n) is 10.8. The van der Waals surface area contributed by atoms with E-state index in [0.717, 1.165) is 0 Å². The summed E-state index contributed by atoms with van der Waals surface area (Å²) in [5, 5.41) is 39.0. The van der Waals surface area contributed by atoms with Crippen molar-refractivity contribution < 1.29 is 72.5 Å². The fourth-order valence-corrected chi connectivity index (χ4v) is 10.8. The van der Waals surface area contributed by atoms with Gasteiger partial charge in [0.25, 0.3) is 0 Å². The Labute approximate surface area is 360 Å². The standard InChI is InChI=1S/C46H57NO15/c1-23-29-31(50)35(52)44(10)27(49)21-28-45(22-56-28,59-24(2)48)34(44)37(58-38(53)26-19-15-12-16-20-26)46(42(29,6)7)36(60-43(8,9)62-46)33(23)57-39(54)32(51)30(25-17-13-11-14-18-25)47-40(55)61-41(3,4)5/h11-20,27-28,30-34,36-37,49-51H,21-22H2,1-10H3,(H,47,55)/t27-,28+,30-,31+,32+,33+,34?,36-,37-,44+,45-,46+/m0/s1. The molecule has 2 aliphatic heterocycles. The second-order valence-corrected chi connectivity index (χ2v) is 19.2. The van der Waals surface area contributed by atoms with Crippen LogP contribution in [0.3, 0.4) is 0 Å². The largest absolute Gasteiger partial charge is 0.455 e. The highest BCUT2D eigenvalue weighted by molar-refractivity contribution is 5.94. The average Bonchev–Trinajstić information content (AvgIpc) is 3.49. The van der Waals surface area contributed by atoms with E-state index in [4.69, 9.17) is 33.2 Å². The van der Waals surface area contributed by atoms with E-state index in [1.165, 1.54) is 26.0 Å². The zero-order chi connectivity index (χ0) is 45.5. The molecule has 2 bridgehead atoms. The van der Waals surface area contributed by atoms with Crippen LogP contribution in [0.5, 0.6) is 0 Å². The Hall–Kier alpha value is -4.71. The van der Waals surface area contributed by atoms with E-state index in [1.807, 2.05) is 0 Å².